The first kappa shape index (κ1) is 25.8. The van der Waals surface area contributed by atoms with Crippen LogP contribution in [0, 0.1) is 16.7 Å². The molecule has 2 saturated carbocycles. The fourth-order valence-corrected chi connectivity index (χ4v) is 35.1. The molecule has 38 heavy (non-hydrogen) atoms. The van der Waals surface area contributed by atoms with Gasteiger partial charge in [0.15, 0.2) is 0 Å². The second kappa shape index (κ2) is 8.30. The summed E-state index contributed by atoms with van der Waals surface area (Å²) in [7, 11) is -4.40. The second-order valence-corrected chi connectivity index (χ2v) is 28.6. The number of benzene rings is 3. The van der Waals surface area contributed by atoms with Crippen LogP contribution in [0.1, 0.15) is 40.0 Å². The van der Waals surface area contributed by atoms with Gasteiger partial charge in [-0.3, -0.25) is 0 Å². The molecule has 0 N–H and O–H groups in total. The molecule has 2 atom stereocenters. The third-order valence-electron chi connectivity index (χ3n) is 9.32. The molecule has 1 heterocycles. The average molecular weight is 729 g/mol. The van der Waals surface area contributed by atoms with Crippen LogP contribution in [0.5, 0.6) is 0 Å². The number of hydrogen-bond donors (Lipinski definition) is 0. The molecule has 6 rings (SSSR count). The molecule has 3 aromatic rings. The molecule has 2 bridgehead atoms. The molecule has 0 radical (unpaired) electrons. The Labute approximate surface area is 225 Å². The number of Topliss-reactive ketones (excluding diaryl/α,β-unsaturated/α-hetero) is 1. The van der Waals surface area contributed by atoms with E-state index in [4.69, 9.17) is 5.07 Å². The van der Waals surface area contributed by atoms with Crippen LogP contribution in [0.25, 0.3) is 11.1 Å². The Morgan fingerprint density at radius 1 is 0.921 bits per heavy atom. The summed E-state index contributed by atoms with van der Waals surface area (Å²) in [6.07, 6.45) is 1.73. The molecule has 0 amide bonds. The van der Waals surface area contributed by atoms with Crippen molar-refractivity contribution in [3.05, 3.63) is 78.9 Å². The summed E-state index contributed by atoms with van der Waals surface area (Å²) in [4.78, 5) is 26.3. The van der Waals surface area contributed by atoms with E-state index in [9.17, 15) is 18.0 Å². The Balaban J connectivity index is 1.65. The molecule has 2 aliphatic carbocycles. The number of fused-ring (bicyclic) bond motifs is 5. The van der Waals surface area contributed by atoms with Gasteiger partial charge < -0.3 is 0 Å². The van der Waals surface area contributed by atoms with Crippen LogP contribution >= 0.6 is 0 Å². The molecule has 2 unspecified atom stereocenters. The predicted molar refractivity (Wildman–Crippen MR) is 148 cm³/mol. The summed E-state index contributed by atoms with van der Waals surface area (Å²) < 4.78 is 43.8. The van der Waals surface area contributed by atoms with Gasteiger partial charge in [0.05, 0.1) is 0 Å². The number of rotatable bonds is 6. The molecule has 0 saturated heterocycles. The molecular weight excluding hydrogens is 697 g/mol. The first-order valence-electron chi connectivity index (χ1n) is 12.9. The SMILES string of the molecule is CC(=O)[O][Bi]1([O]S(=O)(=O)CC23CCC(CC2=O)C3(C)C)([c]2ccccc2)[c]2ccccc2-c2cccc[c]21. The van der Waals surface area contributed by atoms with E-state index < -0.39 is 52.3 Å². The molecule has 3 aromatic carbocycles. The van der Waals surface area contributed by atoms with Crippen molar-refractivity contribution in [2.45, 2.75) is 40.0 Å². The summed E-state index contributed by atoms with van der Waals surface area (Å²) in [5.41, 5.74) is 0.117. The number of hydrogen-bond acceptors (Lipinski definition) is 6. The predicted octanol–water partition coefficient (Wildman–Crippen LogP) is 3.39. The fraction of sp³-hybridized carbons (Fsp3) is 0.333. The van der Waals surface area contributed by atoms with E-state index in [0.717, 1.165) is 17.5 Å². The molecular formula is C30H31BiO6S. The zero-order valence-corrected chi connectivity index (χ0v) is 26.0. The van der Waals surface area contributed by atoms with E-state index in [1.165, 1.54) is 6.92 Å². The van der Waals surface area contributed by atoms with Crippen molar-refractivity contribution in [1.82, 2.24) is 0 Å². The van der Waals surface area contributed by atoms with Gasteiger partial charge in [0.1, 0.15) is 0 Å². The van der Waals surface area contributed by atoms with E-state index in [1.54, 1.807) is 12.1 Å². The van der Waals surface area contributed by atoms with E-state index in [1.807, 2.05) is 80.6 Å². The molecule has 198 valence electrons. The number of carbonyl (C=O) groups excluding carboxylic acids is 2. The average Bonchev–Trinajstić information content (AvgIpc) is 3.34. The van der Waals surface area contributed by atoms with Crippen molar-refractivity contribution in [3.8, 4) is 11.1 Å². The van der Waals surface area contributed by atoms with Crippen LogP contribution in [0.3, 0.4) is 0 Å². The zero-order valence-electron chi connectivity index (χ0n) is 21.7. The van der Waals surface area contributed by atoms with Gasteiger partial charge in [0, 0.05) is 0 Å². The van der Waals surface area contributed by atoms with Gasteiger partial charge >= 0.3 is 227 Å². The van der Waals surface area contributed by atoms with Gasteiger partial charge in [-0.25, -0.2) is 0 Å². The van der Waals surface area contributed by atoms with Gasteiger partial charge in [-0.2, -0.15) is 0 Å². The van der Waals surface area contributed by atoms with Gasteiger partial charge in [-0.05, 0) is 0 Å². The maximum absolute atomic E-state index is 14.4. The van der Waals surface area contributed by atoms with Gasteiger partial charge in [0.25, 0.3) is 0 Å². The second-order valence-electron chi connectivity index (χ2n) is 11.4. The first-order chi connectivity index (χ1) is 18.0. The summed E-state index contributed by atoms with van der Waals surface area (Å²) >= 11 is -6.25. The Morgan fingerprint density at radius 3 is 1.97 bits per heavy atom. The summed E-state index contributed by atoms with van der Waals surface area (Å²) in [5.74, 6) is -0.887. The molecule has 6 nitrogen and oxygen atoms in total. The summed E-state index contributed by atoms with van der Waals surface area (Å²) in [6, 6.07) is 24.0. The minimum absolute atomic E-state index is 0.0101. The molecule has 3 aliphatic rings. The molecule has 0 aromatic heterocycles. The Kier molecular flexibility index (Phi) is 5.64. The van der Waals surface area contributed by atoms with E-state index in [-0.39, 0.29) is 11.7 Å². The van der Waals surface area contributed by atoms with Crippen LogP contribution in [-0.4, -0.2) is 45.6 Å². The number of carbonyl (C=O) groups is 2. The molecule has 1 aliphatic heterocycles. The van der Waals surface area contributed by atoms with Gasteiger partial charge in [-0.1, -0.05) is 0 Å². The van der Waals surface area contributed by atoms with Crippen molar-refractivity contribution in [2.75, 3.05) is 5.75 Å². The van der Waals surface area contributed by atoms with Gasteiger partial charge in [-0.15, -0.1) is 0 Å². The van der Waals surface area contributed by atoms with Crippen LogP contribution in [0.15, 0.2) is 78.9 Å². The van der Waals surface area contributed by atoms with Crippen molar-refractivity contribution >= 4 is 51.3 Å². The quantitative estimate of drug-likeness (QED) is 0.362. The fourth-order valence-electron chi connectivity index (χ4n) is 7.41. The monoisotopic (exact) mass is 728 g/mol. The summed E-state index contributed by atoms with van der Waals surface area (Å²) in [6.45, 7) is 5.31. The van der Waals surface area contributed by atoms with Crippen molar-refractivity contribution in [2.24, 2.45) is 16.7 Å². The Hall–Kier alpha value is -2.41. The zero-order chi connectivity index (χ0) is 27.0. The maximum atomic E-state index is 14.4. The third kappa shape index (κ3) is 3.20. The Morgan fingerprint density at radius 2 is 1.47 bits per heavy atom. The first-order valence-corrected chi connectivity index (χ1v) is 22.6. The normalized spacial score (nSPS) is 26.7. The van der Waals surface area contributed by atoms with Crippen LogP contribution in [0.4, 0.5) is 0 Å². The van der Waals surface area contributed by atoms with E-state index in [0.29, 0.717) is 22.7 Å². The minimum atomic E-state index is -6.25. The number of ketones is 1. The standard InChI is InChI=1S/C12H8.C10H16O4S.C6H5.C2H4O2.Bi/c1-3-7-11(8-4-1)12-9-5-2-6-10-12;1-9(2)7-3-4-10(9,8(11)5-7)6-15(12,13)14;1-2-4-6-5-3-1;1-2(3)4;/h1-7,9H;7H,3-6H2,1-2H3,(H,12,13,14);1-5H;1H3,(H,3,4);/q;;;;+2/p-2. The van der Waals surface area contributed by atoms with Crippen LogP contribution in [0.2, 0.25) is 0 Å². The van der Waals surface area contributed by atoms with Crippen LogP contribution in [-0.2, 0) is 24.8 Å². The van der Waals surface area contributed by atoms with Crippen LogP contribution < -0.4 is 9.81 Å². The topological polar surface area (TPSA) is 86.7 Å². The van der Waals surface area contributed by atoms with Crippen molar-refractivity contribution < 1.29 is 23.1 Å². The van der Waals surface area contributed by atoms with Crippen molar-refractivity contribution in [1.29, 1.82) is 0 Å². The molecule has 8 heteroatoms. The Bertz CT molecular complexity index is 1550. The van der Waals surface area contributed by atoms with E-state index in [2.05, 4.69) is 0 Å². The van der Waals surface area contributed by atoms with E-state index >= 15 is 0 Å². The summed E-state index contributed by atoms with van der Waals surface area (Å²) in [5, 5.41) is 0. The van der Waals surface area contributed by atoms with Crippen molar-refractivity contribution in [3.63, 3.8) is 0 Å². The molecule has 0 spiro atoms. The molecule has 2 fully saturated rings. The third-order valence-corrected chi connectivity index (χ3v) is 33.6. The van der Waals surface area contributed by atoms with Gasteiger partial charge in [0.2, 0.25) is 0 Å².